The van der Waals surface area contributed by atoms with Crippen LogP contribution in [0, 0.1) is 0 Å². The van der Waals surface area contributed by atoms with Gasteiger partial charge in [-0.05, 0) is 24.6 Å². The number of carbonyl (C=O) groups excluding carboxylic acids is 2. The summed E-state index contributed by atoms with van der Waals surface area (Å²) in [5.41, 5.74) is -0.277. The Morgan fingerprint density at radius 1 is 1.22 bits per heavy atom. The smallest absolute Gasteiger partial charge is 0.416 e. The third-order valence-electron chi connectivity index (χ3n) is 2.73. The summed E-state index contributed by atoms with van der Waals surface area (Å²) in [4.78, 5) is 23.1. The minimum absolute atomic E-state index is 0.00705. The van der Waals surface area contributed by atoms with Gasteiger partial charge in [0.05, 0.1) is 17.5 Å². The van der Waals surface area contributed by atoms with Crippen molar-refractivity contribution in [2.24, 2.45) is 0 Å². The number of ether oxygens (including phenoxy) is 1. The molecule has 0 fully saturated rings. The first-order valence-corrected chi connectivity index (χ1v) is 7.73. The summed E-state index contributed by atoms with van der Waals surface area (Å²) >= 11 is 3.02. The number of rotatable bonds is 6. The number of allylic oxidation sites excluding steroid dienone is 3. The fourth-order valence-electron chi connectivity index (χ4n) is 1.67. The van der Waals surface area contributed by atoms with Crippen LogP contribution in [0.1, 0.15) is 18.1 Å². The van der Waals surface area contributed by atoms with Gasteiger partial charge in [0.15, 0.2) is 5.78 Å². The maximum Gasteiger partial charge on any atom is 0.416 e. The van der Waals surface area contributed by atoms with Gasteiger partial charge in [0.2, 0.25) is 0 Å². The molecule has 1 aromatic rings. The molecule has 0 spiro atoms. The van der Waals surface area contributed by atoms with E-state index in [1.807, 2.05) is 0 Å². The van der Waals surface area contributed by atoms with E-state index in [0.717, 1.165) is 18.2 Å². The third-order valence-corrected chi connectivity index (χ3v) is 3.24. The van der Waals surface area contributed by atoms with E-state index in [1.54, 1.807) is 6.92 Å². The van der Waals surface area contributed by atoms with E-state index in [0.29, 0.717) is 5.56 Å². The van der Waals surface area contributed by atoms with Crippen molar-refractivity contribution < 1.29 is 27.5 Å². The average molecular weight is 391 g/mol. The lowest BCUT2D eigenvalue weighted by molar-refractivity contribution is -0.138. The van der Waals surface area contributed by atoms with Gasteiger partial charge in [0.25, 0.3) is 0 Å². The van der Waals surface area contributed by atoms with Crippen molar-refractivity contribution in [1.29, 1.82) is 0 Å². The van der Waals surface area contributed by atoms with Crippen molar-refractivity contribution in [3.63, 3.8) is 0 Å². The average Bonchev–Trinajstić information content (AvgIpc) is 2.50. The summed E-state index contributed by atoms with van der Waals surface area (Å²) in [5.74, 6) is -0.889. The summed E-state index contributed by atoms with van der Waals surface area (Å²) in [7, 11) is 0. The summed E-state index contributed by atoms with van der Waals surface area (Å²) in [6.45, 7) is 1.88. The Morgan fingerprint density at radius 3 is 2.30 bits per heavy atom. The van der Waals surface area contributed by atoms with Gasteiger partial charge in [0, 0.05) is 11.6 Å². The predicted molar refractivity (Wildman–Crippen MR) is 84.0 cm³/mol. The van der Waals surface area contributed by atoms with Crippen molar-refractivity contribution in [3.05, 3.63) is 53.6 Å². The molecule has 0 heterocycles. The Bertz CT molecular complexity index is 616. The first-order chi connectivity index (χ1) is 10.8. The Hall–Kier alpha value is -1.89. The first-order valence-electron chi connectivity index (χ1n) is 6.61. The zero-order valence-electron chi connectivity index (χ0n) is 12.2. The summed E-state index contributed by atoms with van der Waals surface area (Å²) in [6.07, 6.45) is -0.616. The fourth-order valence-corrected chi connectivity index (χ4v) is 1.98. The molecule has 0 saturated heterocycles. The zero-order chi connectivity index (χ0) is 17.5. The minimum atomic E-state index is -4.44. The van der Waals surface area contributed by atoms with E-state index in [9.17, 15) is 22.8 Å². The van der Waals surface area contributed by atoms with Crippen molar-refractivity contribution in [1.82, 2.24) is 0 Å². The van der Waals surface area contributed by atoms with Gasteiger partial charge in [-0.2, -0.15) is 13.2 Å². The van der Waals surface area contributed by atoms with Crippen LogP contribution >= 0.6 is 15.9 Å². The molecule has 0 atom stereocenters. The molecule has 7 heteroatoms. The zero-order valence-corrected chi connectivity index (χ0v) is 13.8. The molecule has 0 aliphatic heterocycles. The topological polar surface area (TPSA) is 43.4 Å². The lowest BCUT2D eigenvalue weighted by Crippen LogP contribution is -2.06. The van der Waals surface area contributed by atoms with E-state index in [1.165, 1.54) is 24.3 Å². The molecule has 1 rings (SSSR count). The van der Waals surface area contributed by atoms with E-state index in [2.05, 4.69) is 15.9 Å². The molecule has 0 radical (unpaired) electrons. The Kier molecular flexibility index (Phi) is 7.22. The summed E-state index contributed by atoms with van der Waals surface area (Å²) in [6, 6.07) is 4.24. The molecular weight excluding hydrogens is 377 g/mol. The number of benzene rings is 1. The molecule has 1 aromatic carbocycles. The van der Waals surface area contributed by atoms with Gasteiger partial charge < -0.3 is 4.74 Å². The van der Waals surface area contributed by atoms with Gasteiger partial charge in [0.1, 0.15) is 0 Å². The van der Waals surface area contributed by atoms with E-state index >= 15 is 0 Å². The summed E-state index contributed by atoms with van der Waals surface area (Å²) < 4.78 is 42.4. The number of hydrogen-bond acceptors (Lipinski definition) is 3. The van der Waals surface area contributed by atoms with Gasteiger partial charge in [-0.15, -0.1) is 0 Å². The number of carbonyl (C=O) groups is 2. The predicted octanol–water partition coefficient (Wildman–Crippen LogP) is 4.17. The van der Waals surface area contributed by atoms with Crippen LogP contribution in [0.4, 0.5) is 13.2 Å². The molecule has 0 saturated carbocycles. The molecule has 0 unspecified atom stereocenters. The number of esters is 1. The van der Waals surface area contributed by atoms with Crippen molar-refractivity contribution in [3.8, 4) is 0 Å². The Morgan fingerprint density at radius 2 is 1.83 bits per heavy atom. The highest BCUT2D eigenvalue weighted by Gasteiger charge is 2.30. The van der Waals surface area contributed by atoms with E-state index < -0.39 is 17.7 Å². The highest BCUT2D eigenvalue weighted by molar-refractivity contribution is 9.09. The van der Waals surface area contributed by atoms with Crippen LogP contribution in [0.25, 0.3) is 5.57 Å². The van der Waals surface area contributed by atoms with Crippen molar-refractivity contribution in [2.45, 2.75) is 13.1 Å². The standard InChI is InChI=1S/C16H14BrF3O3/c1-2-23-15(22)5-3-4-13(14(21)10-17)11-6-8-12(9-7-11)16(18,19)20/h3-9H,2,10H2,1H3. The van der Waals surface area contributed by atoms with Crippen molar-refractivity contribution in [2.75, 3.05) is 11.9 Å². The second-order valence-electron chi connectivity index (χ2n) is 4.32. The highest BCUT2D eigenvalue weighted by atomic mass is 79.9. The van der Waals surface area contributed by atoms with Crippen LogP contribution in [0.2, 0.25) is 0 Å². The third kappa shape index (κ3) is 6.02. The number of halogens is 4. The van der Waals surface area contributed by atoms with Crippen LogP contribution in [-0.4, -0.2) is 23.7 Å². The minimum Gasteiger partial charge on any atom is -0.463 e. The molecular formula is C16H14BrF3O3. The molecule has 124 valence electrons. The van der Waals surface area contributed by atoms with Crippen LogP contribution in [0.15, 0.2) is 42.5 Å². The number of hydrogen-bond donors (Lipinski definition) is 0. The molecule has 0 bridgehead atoms. The van der Waals surface area contributed by atoms with Crippen LogP contribution in [-0.2, 0) is 20.5 Å². The number of Topliss-reactive ketones (excluding diaryl/α,β-unsaturated/α-hetero) is 1. The van der Waals surface area contributed by atoms with E-state index in [4.69, 9.17) is 4.74 Å². The lowest BCUT2D eigenvalue weighted by Gasteiger charge is -2.09. The maximum absolute atomic E-state index is 12.6. The van der Waals surface area contributed by atoms with Gasteiger partial charge in [-0.3, -0.25) is 4.79 Å². The fraction of sp³-hybridized carbons (Fsp3) is 0.250. The maximum atomic E-state index is 12.6. The summed E-state index contributed by atoms with van der Waals surface area (Å²) in [5, 5.41) is 0.00705. The second-order valence-corrected chi connectivity index (χ2v) is 4.88. The molecule has 0 aliphatic rings. The molecule has 0 amide bonds. The van der Waals surface area contributed by atoms with Crippen LogP contribution in [0.3, 0.4) is 0 Å². The molecule has 23 heavy (non-hydrogen) atoms. The lowest BCUT2D eigenvalue weighted by atomic mass is 10.0. The van der Waals surface area contributed by atoms with Gasteiger partial charge in [-0.1, -0.05) is 40.2 Å². The van der Waals surface area contributed by atoms with Gasteiger partial charge >= 0.3 is 12.1 Å². The Labute approximate surface area is 140 Å². The quantitative estimate of drug-likeness (QED) is 0.317. The monoisotopic (exact) mass is 390 g/mol. The second kappa shape index (κ2) is 8.67. The first kappa shape index (κ1) is 19.2. The Balaban J connectivity index is 3.08. The van der Waals surface area contributed by atoms with Gasteiger partial charge in [-0.25, -0.2) is 4.79 Å². The SMILES string of the molecule is CCOC(=O)C=CC=C(C(=O)CBr)c1ccc(C(F)(F)F)cc1. The normalized spacial score (nSPS) is 12.5. The molecule has 3 nitrogen and oxygen atoms in total. The molecule has 0 N–H and O–H groups in total. The number of alkyl halides is 4. The molecule has 0 aliphatic carbocycles. The van der Waals surface area contributed by atoms with Crippen molar-refractivity contribution >= 4 is 33.3 Å². The molecule has 0 aromatic heterocycles. The van der Waals surface area contributed by atoms with Crippen LogP contribution < -0.4 is 0 Å². The van der Waals surface area contributed by atoms with E-state index in [-0.39, 0.29) is 23.3 Å². The van der Waals surface area contributed by atoms with Crippen LogP contribution in [0.5, 0.6) is 0 Å². The largest absolute Gasteiger partial charge is 0.463 e. The number of ketones is 1. The highest BCUT2D eigenvalue weighted by Crippen LogP contribution is 2.30.